The van der Waals surface area contributed by atoms with Crippen LogP contribution in [0.1, 0.15) is 0 Å². The number of methoxy groups -OCH3 is 1. The van der Waals surface area contributed by atoms with Gasteiger partial charge < -0.3 is 8.92 Å². The van der Waals surface area contributed by atoms with Crippen LogP contribution in [0.2, 0.25) is 0 Å². The van der Waals surface area contributed by atoms with Crippen molar-refractivity contribution in [2.45, 2.75) is 24.4 Å². The Hall–Kier alpha value is 5.16. The zero-order valence-corrected chi connectivity index (χ0v) is 26.0. The number of halogens is 5. The second-order valence-corrected chi connectivity index (χ2v) is 10.5. The summed E-state index contributed by atoms with van der Waals surface area (Å²) >= 11 is 10.3. The largest absolute Gasteiger partial charge is 0.382 e. The van der Waals surface area contributed by atoms with Gasteiger partial charge in [-0.1, -0.05) is 0 Å². The summed E-state index contributed by atoms with van der Waals surface area (Å²) in [6.45, 7) is 0.726. The van der Waals surface area contributed by atoms with Gasteiger partial charge in [-0.2, -0.15) is 0 Å². The summed E-state index contributed by atoms with van der Waals surface area (Å²) in [7, 11) is 7.78. The summed E-state index contributed by atoms with van der Waals surface area (Å²) < 4.78 is 33.7. The Balaban J connectivity index is 5.27. The molecule has 0 aromatic carbocycles. The molecule has 0 aliphatic rings. The molecule has 0 aromatic heterocycles. The van der Waals surface area contributed by atoms with Crippen LogP contribution in [0, 0.1) is 0 Å². The first kappa shape index (κ1) is 28.2. The third kappa shape index (κ3) is 13.1. The van der Waals surface area contributed by atoms with Crippen LogP contribution in [0.4, 0.5) is 0 Å². The summed E-state index contributed by atoms with van der Waals surface area (Å²) in [5, 5.41) is 0. The Labute approximate surface area is 218 Å². The predicted octanol–water partition coefficient (Wildman–Crippen LogP) is 7.18. The standard InChI is InChI=1S/C7H11I5O6S5/c1-13-2-4(15-20-9)6(17-22-11)7(18-23-12)5(16-21-10)3-14-19-8/h4-7H,2-3H2,1H3/t4-,5-,6-,7-/m1/s1. The first-order valence-electron chi connectivity index (χ1n) is 5.35. The Kier molecular flexibility index (Phi) is 25.0. The highest BCUT2D eigenvalue weighted by atomic mass is 127. The molecule has 0 N–H and O–H groups in total. The Bertz CT molecular complexity index is 272. The molecular weight excluding hydrogens is 975 g/mol. The normalized spacial score (nSPS) is 17.0. The minimum atomic E-state index is -0.409. The molecule has 0 spiro atoms. The molecular formula is C7H11I5O6S5. The summed E-state index contributed by atoms with van der Waals surface area (Å²) in [4.78, 5) is 0. The molecule has 0 saturated carbocycles. The van der Waals surface area contributed by atoms with Crippen molar-refractivity contribution in [2.75, 3.05) is 20.3 Å². The summed E-state index contributed by atoms with van der Waals surface area (Å²) in [6, 6.07) is 0. The van der Waals surface area contributed by atoms with Gasteiger partial charge >= 0.3 is 0 Å². The second kappa shape index (κ2) is 20.4. The third-order valence-electron chi connectivity index (χ3n) is 2.28. The molecule has 4 atom stereocenters. The lowest BCUT2D eigenvalue weighted by Gasteiger charge is -2.33. The van der Waals surface area contributed by atoms with Crippen molar-refractivity contribution in [1.29, 1.82) is 0 Å². The molecule has 140 valence electrons. The van der Waals surface area contributed by atoms with Crippen LogP contribution < -0.4 is 0 Å². The maximum atomic E-state index is 5.82. The quantitative estimate of drug-likeness (QED) is 0.117. The van der Waals surface area contributed by atoms with E-state index in [1.807, 2.05) is 0 Å². The summed E-state index contributed by atoms with van der Waals surface area (Å²) in [6.07, 6.45) is -1.47. The minimum absolute atomic E-state index is 0.324. The smallest absolute Gasteiger partial charge is 0.133 e. The Morgan fingerprint density at radius 1 is 0.652 bits per heavy atom. The third-order valence-corrected chi connectivity index (χ3v) is 6.99. The first-order chi connectivity index (χ1) is 11.2. The van der Waals surface area contributed by atoms with E-state index >= 15 is 0 Å². The van der Waals surface area contributed by atoms with Crippen molar-refractivity contribution in [3.05, 3.63) is 0 Å². The summed E-state index contributed by atoms with van der Waals surface area (Å²) in [5.41, 5.74) is 0. The van der Waals surface area contributed by atoms with Gasteiger partial charge in [0.2, 0.25) is 0 Å². The van der Waals surface area contributed by atoms with Gasteiger partial charge in [0, 0.05) is 113 Å². The van der Waals surface area contributed by atoms with Gasteiger partial charge in [0.15, 0.2) is 0 Å². The molecule has 0 aliphatic carbocycles. The Morgan fingerprint density at radius 3 is 1.43 bits per heavy atom. The van der Waals surface area contributed by atoms with Crippen molar-refractivity contribution in [2.24, 2.45) is 0 Å². The van der Waals surface area contributed by atoms with Crippen LogP contribution >= 0.6 is 152 Å². The molecule has 0 heterocycles. The van der Waals surface area contributed by atoms with Crippen molar-refractivity contribution in [3.8, 4) is 0 Å². The lowest BCUT2D eigenvalue weighted by molar-refractivity contribution is -0.0657. The molecule has 23 heavy (non-hydrogen) atoms. The molecule has 6 nitrogen and oxygen atoms in total. The number of rotatable bonds is 16. The van der Waals surface area contributed by atoms with Crippen LogP contribution in [0.15, 0.2) is 0 Å². The van der Waals surface area contributed by atoms with E-state index in [1.165, 1.54) is 46.1 Å². The average molecular weight is 986 g/mol. The van der Waals surface area contributed by atoms with E-state index < -0.39 is 12.2 Å². The molecule has 0 rings (SSSR count). The highest BCUT2D eigenvalue weighted by molar-refractivity contribution is 14.2. The highest BCUT2D eigenvalue weighted by Gasteiger charge is 2.40. The van der Waals surface area contributed by atoms with Crippen LogP contribution in [0.5, 0.6) is 0 Å². The van der Waals surface area contributed by atoms with Gasteiger partial charge in [-0.3, -0.25) is 16.7 Å². The van der Waals surface area contributed by atoms with E-state index in [0.29, 0.717) is 13.2 Å². The molecule has 0 fully saturated rings. The van der Waals surface area contributed by atoms with Crippen LogP contribution in [0.25, 0.3) is 0 Å². The van der Waals surface area contributed by atoms with E-state index in [2.05, 4.69) is 106 Å². The van der Waals surface area contributed by atoms with E-state index in [1.54, 1.807) is 7.11 Å². The van der Waals surface area contributed by atoms with Crippen LogP contribution in [-0.4, -0.2) is 44.7 Å². The van der Waals surface area contributed by atoms with Gasteiger partial charge in [0.25, 0.3) is 0 Å². The van der Waals surface area contributed by atoms with Crippen molar-refractivity contribution in [3.63, 3.8) is 0 Å². The molecule has 0 aliphatic heterocycles. The topological polar surface area (TPSA) is 55.4 Å². The fraction of sp³-hybridized carbons (Fsp3) is 1.00. The molecule has 0 saturated heterocycles. The maximum absolute atomic E-state index is 5.82. The maximum Gasteiger partial charge on any atom is 0.133 e. The number of hydrogen-bond donors (Lipinski definition) is 0. The van der Waals surface area contributed by atoms with Gasteiger partial charge in [0.1, 0.15) is 24.4 Å². The number of hydrogen-bond acceptors (Lipinski definition) is 11. The Morgan fingerprint density at radius 2 is 1.09 bits per heavy atom. The van der Waals surface area contributed by atoms with Crippen molar-refractivity contribution < 1.29 is 25.7 Å². The van der Waals surface area contributed by atoms with Gasteiger partial charge in [-0.25, -0.2) is 0 Å². The molecule has 0 unspecified atom stereocenters. The van der Waals surface area contributed by atoms with Crippen LogP contribution in [0.3, 0.4) is 0 Å². The molecule has 0 radical (unpaired) electrons. The second-order valence-electron chi connectivity index (χ2n) is 3.45. The fourth-order valence-electron chi connectivity index (χ4n) is 1.45. The number of ether oxygens (including phenoxy) is 1. The minimum Gasteiger partial charge on any atom is -0.382 e. The monoisotopic (exact) mass is 985 g/mol. The fourth-order valence-corrected chi connectivity index (χ4v) is 6.26. The first-order valence-corrected chi connectivity index (χ1v) is 21.8. The van der Waals surface area contributed by atoms with Crippen LogP contribution in [-0.2, 0) is 25.7 Å². The SMILES string of the molecule is COC[C@@H](OSI)[C@@H](OSI)[C@H](OSI)[C@@H](COSI)OSI. The average Bonchev–Trinajstić information content (AvgIpc) is 2.55. The zero-order valence-electron chi connectivity index (χ0n) is 11.1. The molecule has 0 amide bonds. The van der Waals surface area contributed by atoms with Gasteiger partial charge in [0.05, 0.1) is 59.3 Å². The molecule has 0 aromatic rings. The van der Waals surface area contributed by atoms with E-state index in [-0.39, 0.29) is 12.2 Å². The summed E-state index contributed by atoms with van der Waals surface area (Å²) in [5.74, 6) is 0. The van der Waals surface area contributed by atoms with Crippen molar-refractivity contribution in [1.82, 2.24) is 0 Å². The lowest BCUT2D eigenvalue weighted by atomic mass is 10.0. The predicted molar refractivity (Wildman–Crippen MR) is 145 cm³/mol. The van der Waals surface area contributed by atoms with Gasteiger partial charge in [-0.15, -0.1) is 0 Å². The highest BCUT2D eigenvalue weighted by Crippen LogP contribution is 2.34. The van der Waals surface area contributed by atoms with E-state index in [9.17, 15) is 0 Å². The lowest BCUT2D eigenvalue weighted by Crippen LogP contribution is -2.49. The van der Waals surface area contributed by atoms with E-state index in [4.69, 9.17) is 25.7 Å². The zero-order chi connectivity index (χ0) is 17.5. The van der Waals surface area contributed by atoms with Crippen molar-refractivity contribution >= 4 is 152 Å². The van der Waals surface area contributed by atoms with E-state index in [0.717, 1.165) is 0 Å². The molecule has 16 heteroatoms. The van der Waals surface area contributed by atoms with Gasteiger partial charge in [-0.05, 0) is 0 Å². The molecule has 0 bridgehead atoms.